The fourth-order valence-electron chi connectivity index (χ4n) is 3.91. The van der Waals surface area contributed by atoms with Crippen LogP contribution < -0.4 is 20.3 Å². The molecule has 31 heavy (non-hydrogen) atoms. The zero-order valence-corrected chi connectivity index (χ0v) is 17.8. The second-order valence-electron chi connectivity index (χ2n) is 7.93. The van der Waals surface area contributed by atoms with E-state index in [1.165, 1.54) is 5.69 Å². The van der Waals surface area contributed by atoms with Crippen LogP contribution in [0.15, 0.2) is 54.6 Å². The van der Waals surface area contributed by atoms with Gasteiger partial charge in [-0.25, -0.2) is 0 Å². The van der Waals surface area contributed by atoms with Crippen LogP contribution in [0, 0.1) is 0 Å². The first-order chi connectivity index (χ1) is 15.3. The summed E-state index contributed by atoms with van der Waals surface area (Å²) in [7, 11) is 0. The molecule has 4 rings (SSSR count). The van der Waals surface area contributed by atoms with Crippen LogP contribution in [0.3, 0.4) is 0 Å². The van der Waals surface area contributed by atoms with Gasteiger partial charge in [-0.15, -0.1) is 0 Å². The molecule has 166 valence electrons. The summed E-state index contributed by atoms with van der Waals surface area (Å²) in [5.74, 6) is 0.515. The lowest BCUT2D eigenvalue weighted by Gasteiger charge is -2.35. The van der Waals surface area contributed by atoms with E-state index >= 15 is 0 Å². The van der Waals surface area contributed by atoms with Gasteiger partial charge in [-0.1, -0.05) is 18.2 Å². The van der Waals surface area contributed by atoms with Gasteiger partial charge in [0, 0.05) is 37.1 Å². The van der Waals surface area contributed by atoms with Crippen LogP contribution in [-0.4, -0.2) is 64.1 Å². The number of anilines is 2. The van der Waals surface area contributed by atoms with Gasteiger partial charge in [0.05, 0.1) is 25.9 Å². The number of carbonyl (C=O) groups is 1. The van der Waals surface area contributed by atoms with E-state index in [0.29, 0.717) is 31.6 Å². The number of hydrogen-bond acceptors (Lipinski definition) is 6. The fraction of sp³-hybridized carbons (Fsp3) is 0.458. The van der Waals surface area contributed by atoms with Crippen molar-refractivity contribution in [2.45, 2.75) is 25.0 Å². The van der Waals surface area contributed by atoms with Gasteiger partial charge in [0.2, 0.25) is 0 Å². The first kappa shape index (κ1) is 21.6. The van der Waals surface area contributed by atoms with Crippen LogP contribution in [0.1, 0.15) is 12.8 Å². The van der Waals surface area contributed by atoms with Crippen LogP contribution in [-0.2, 0) is 14.3 Å². The van der Waals surface area contributed by atoms with E-state index in [9.17, 15) is 4.79 Å². The SMILES string of the molecule is O=C(COc1ccccc1)Nc1ccc(N2CCC(NC[C@H]3COCCO3)CC2)cc1. The van der Waals surface area contributed by atoms with Crippen molar-refractivity contribution < 1.29 is 19.0 Å². The van der Waals surface area contributed by atoms with E-state index in [-0.39, 0.29) is 18.6 Å². The molecule has 0 spiro atoms. The van der Waals surface area contributed by atoms with Crippen molar-refractivity contribution in [3.63, 3.8) is 0 Å². The average molecular weight is 426 g/mol. The van der Waals surface area contributed by atoms with Gasteiger partial charge in [-0.3, -0.25) is 4.79 Å². The van der Waals surface area contributed by atoms with Gasteiger partial charge >= 0.3 is 0 Å². The van der Waals surface area contributed by atoms with Gasteiger partial charge in [-0.2, -0.15) is 0 Å². The highest BCUT2D eigenvalue weighted by molar-refractivity contribution is 5.92. The van der Waals surface area contributed by atoms with Crippen LogP contribution in [0.4, 0.5) is 11.4 Å². The highest BCUT2D eigenvalue weighted by Gasteiger charge is 2.21. The second kappa shape index (κ2) is 11.1. The van der Waals surface area contributed by atoms with Crippen molar-refractivity contribution >= 4 is 17.3 Å². The van der Waals surface area contributed by atoms with Gasteiger partial charge < -0.3 is 29.7 Å². The fourth-order valence-corrected chi connectivity index (χ4v) is 3.91. The molecule has 0 saturated carbocycles. The van der Waals surface area contributed by atoms with Crippen molar-refractivity contribution in [3.05, 3.63) is 54.6 Å². The number of nitrogens with zero attached hydrogens (tertiary/aromatic N) is 1. The van der Waals surface area contributed by atoms with Crippen molar-refractivity contribution in [3.8, 4) is 5.75 Å². The van der Waals surface area contributed by atoms with E-state index < -0.39 is 0 Å². The van der Waals surface area contributed by atoms with E-state index in [2.05, 4.69) is 27.7 Å². The number of piperidine rings is 1. The molecule has 2 aromatic rings. The Morgan fingerprint density at radius 2 is 1.81 bits per heavy atom. The highest BCUT2D eigenvalue weighted by Crippen LogP contribution is 2.22. The summed E-state index contributed by atoms with van der Waals surface area (Å²) in [6.45, 7) is 4.96. The van der Waals surface area contributed by atoms with Crippen molar-refractivity contribution in [1.29, 1.82) is 0 Å². The number of ether oxygens (including phenoxy) is 3. The third kappa shape index (κ3) is 6.69. The lowest BCUT2D eigenvalue weighted by atomic mass is 10.0. The van der Waals surface area contributed by atoms with E-state index in [1.807, 2.05) is 42.5 Å². The molecule has 7 heteroatoms. The molecule has 0 bridgehead atoms. The van der Waals surface area contributed by atoms with Crippen LogP contribution >= 0.6 is 0 Å². The van der Waals surface area contributed by atoms with Crippen LogP contribution in [0.5, 0.6) is 5.75 Å². The summed E-state index contributed by atoms with van der Waals surface area (Å²) in [5.41, 5.74) is 1.96. The minimum absolute atomic E-state index is 0.00962. The van der Waals surface area contributed by atoms with Gasteiger partial charge in [0.1, 0.15) is 5.75 Å². The molecule has 1 amide bonds. The number of rotatable bonds is 8. The number of amides is 1. The molecule has 2 fully saturated rings. The average Bonchev–Trinajstić information content (AvgIpc) is 2.84. The summed E-state index contributed by atoms with van der Waals surface area (Å²) in [6, 6.07) is 17.9. The Morgan fingerprint density at radius 1 is 1.03 bits per heavy atom. The zero-order chi connectivity index (χ0) is 21.3. The monoisotopic (exact) mass is 425 g/mol. The highest BCUT2D eigenvalue weighted by atomic mass is 16.6. The minimum Gasteiger partial charge on any atom is -0.484 e. The Morgan fingerprint density at radius 3 is 2.52 bits per heavy atom. The van der Waals surface area contributed by atoms with Gasteiger partial charge in [0.15, 0.2) is 6.61 Å². The quantitative estimate of drug-likeness (QED) is 0.678. The normalized spacial score (nSPS) is 19.7. The molecule has 7 nitrogen and oxygen atoms in total. The Bertz CT molecular complexity index is 801. The van der Waals surface area contributed by atoms with Gasteiger partial charge in [-0.05, 0) is 49.2 Å². The van der Waals surface area contributed by atoms with E-state index in [1.54, 1.807) is 0 Å². The summed E-state index contributed by atoms with van der Waals surface area (Å²) in [5, 5.41) is 6.51. The maximum Gasteiger partial charge on any atom is 0.262 e. The van der Waals surface area contributed by atoms with Crippen LogP contribution in [0.2, 0.25) is 0 Å². The molecule has 2 aliphatic heterocycles. The molecule has 0 radical (unpaired) electrons. The molecule has 1 atom stereocenters. The number of hydrogen-bond donors (Lipinski definition) is 2. The standard InChI is InChI=1S/C24H31N3O4/c28-24(18-31-22-4-2-1-3-5-22)26-20-6-8-21(9-7-20)27-12-10-19(11-13-27)25-16-23-17-29-14-15-30-23/h1-9,19,23,25H,10-18H2,(H,26,28)/t23-/m0/s1. The lowest BCUT2D eigenvalue weighted by molar-refractivity contribution is -0.118. The van der Waals surface area contributed by atoms with E-state index in [4.69, 9.17) is 14.2 Å². The summed E-state index contributed by atoms with van der Waals surface area (Å²) >= 11 is 0. The Kier molecular flexibility index (Phi) is 7.76. The molecule has 0 aliphatic carbocycles. The third-order valence-corrected chi connectivity index (χ3v) is 5.64. The Balaban J connectivity index is 1.17. The molecule has 2 saturated heterocycles. The molecule has 0 aromatic heterocycles. The molecular formula is C24H31N3O4. The molecule has 2 heterocycles. The number of benzene rings is 2. The molecular weight excluding hydrogens is 394 g/mol. The smallest absolute Gasteiger partial charge is 0.262 e. The first-order valence-electron chi connectivity index (χ1n) is 11.0. The lowest BCUT2D eigenvalue weighted by Crippen LogP contribution is -2.46. The predicted molar refractivity (Wildman–Crippen MR) is 121 cm³/mol. The molecule has 2 aromatic carbocycles. The first-order valence-corrected chi connectivity index (χ1v) is 11.0. The molecule has 2 aliphatic rings. The topological polar surface area (TPSA) is 72.1 Å². The zero-order valence-electron chi connectivity index (χ0n) is 17.8. The Hall–Kier alpha value is -2.61. The molecule has 2 N–H and O–H groups in total. The van der Waals surface area contributed by atoms with Crippen LogP contribution in [0.25, 0.3) is 0 Å². The summed E-state index contributed by atoms with van der Waals surface area (Å²) < 4.78 is 16.6. The predicted octanol–water partition coefficient (Wildman–Crippen LogP) is 2.68. The number of para-hydroxylation sites is 1. The number of nitrogens with one attached hydrogen (secondary N) is 2. The Labute approximate surface area is 183 Å². The van der Waals surface area contributed by atoms with Crippen molar-refractivity contribution in [1.82, 2.24) is 5.32 Å². The van der Waals surface area contributed by atoms with E-state index in [0.717, 1.165) is 38.2 Å². The minimum atomic E-state index is -0.171. The maximum atomic E-state index is 12.1. The summed E-state index contributed by atoms with van der Waals surface area (Å²) in [6.07, 6.45) is 2.37. The van der Waals surface area contributed by atoms with Gasteiger partial charge in [0.25, 0.3) is 5.91 Å². The summed E-state index contributed by atoms with van der Waals surface area (Å²) in [4.78, 5) is 14.5. The third-order valence-electron chi connectivity index (χ3n) is 5.64. The maximum absolute atomic E-state index is 12.1. The second-order valence-corrected chi connectivity index (χ2v) is 7.93. The molecule has 0 unspecified atom stereocenters. The van der Waals surface area contributed by atoms with Crippen molar-refractivity contribution in [2.75, 3.05) is 56.3 Å². The number of carbonyl (C=O) groups excluding carboxylic acids is 1. The van der Waals surface area contributed by atoms with Crippen molar-refractivity contribution in [2.24, 2.45) is 0 Å². The largest absolute Gasteiger partial charge is 0.484 e.